The molecule has 0 bridgehead atoms. The van der Waals surface area contributed by atoms with E-state index in [1.807, 2.05) is 0 Å². The zero-order chi connectivity index (χ0) is 12.8. The largest absolute Gasteiger partial charge is 0.481 e. The number of carbonyl (C=O) groups excluding carboxylic acids is 1. The van der Waals surface area contributed by atoms with E-state index in [0.717, 1.165) is 0 Å². The molecule has 1 unspecified atom stereocenters. The number of urea groups is 1. The number of H-pyrrole nitrogens is 1. The van der Waals surface area contributed by atoms with Crippen LogP contribution in [0.2, 0.25) is 0 Å². The number of nitrogens with one attached hydrogen (secondary N) is 2. The number of carboxylic acid groups (broad SMARTS) is 1. The second-order valence-corrected chi connectivity index (χ2v) is 3.61. The Morgan fingerprint density at radius 1 is 1.65 bits per heavy atom. The summed E-state index contributed by atoms with van der Waals surface area (Å²) >= 11 is 0. The predicted molar refractivity (Wildman–Crippen MR) is 58.2 cm³/mol. The molecule has 0 radical (unpaired) electrons. The SMILES string of the molecule is CC(NC(=O)N(C)CCC(=O)O)c1ncn[nH]1. The molecule has 1 rings (SSSR count). The molecule has 1 aromatic heterocycles. The lowest BCUT2D eigenvalue weighted by Gasteiger charge is -2.19. The van der Waals surface area contributed by atoms with E-state index in [0.29, 0.717) is 5.82 Å². The molecule has 0 saturated heterocycles. The summed E-state index contributed by atoms with van der Waals surface area (Å²) in [6, 6.07) is -0.660. The van der Waals surface area contributed by atoms with Crippen molar-refractivity contribution in [3.05, 3.63) is 12.2 Å². The summed E-state index contributed by atoms with van der Waals surface area (Å²) in [5.74, 6) is -0.391. The van der Waals surface area contributed by atoms with Gasteiger partial charge in [0.05, 0.1) is 12.5 Å². The van der Waals surface area contributed by atoms with Gasteiger partial charge >= 0.3 is 12.0 Å². The summed E-state index contributed by atoms with van der Waals surface area (Å²) in [6.45, 7) is 1.91. The molecule has 3 N–H and O–H groups in total. The molecule has 17 heavy (non-hydrogen) atoms. The van der Waals surface area contributed by atoms with Crippen molar-refractivity contribution in [1.82, 2.24) is 25.4 Å². The summed E-state index contributed by atoms with van der Waals surface area (Å²) < 4.78 is 0. The average molecular weight is 241 g/mol. The summed E-state index contributed by atoms with van der Waals surface area (Å²) in [6.07, 6.45) is 1.27. The molecular formula is C9H15N5O3. The van der Waals surface area contributed by atoms with Crippen LogP contribution in [0, 0.1) is 0 Å². The number of hydrogen-bond acceptors (Lipinski definition) is 4. The van der Waals surface area contributed by atoms with Crippen molar-refractivity contribution in [2.45, 2.75) is 19.4 Å². The van der Waals surface area contributed by atoms with E-state index in [9.17, 15) is 9.59 Å². The Kier molecular flexibility index (Phi) is 4.44. The lowest BCUT2D eigenvalue weighted by molar-refractivity contribution is -0.137. The van der Waals surface area contributed by atoms with E-state index in [4.69, 9.17) is 5.11 Å². The average Bonchev–Trinajstić information content (AvgIpc) is 2.78. The Morgan fingerprint density at radius 2 is 2.35 bits per heavy atom. The highest BCUT2D eigenvalue weighted by Crippen LogP contribution is 2.04. The number of aromatic nitrogens is 3. The Morgan fingerprint density at radius 3 is 2.88 bits per heavy atom. The van der Waals surface area contributed by atoms with Crippen LogP contribution in [0.5, 0.6) is 0 Å². The van der Waals surface area contributed by atoms with E-state index >= 15 is 0 Å². The van der Waals surface area contributed by atoms with Gasteiger partial charge in [-0.2, -0.15) is 5.10 Å². The highest BCUT2D eigenvalue weighted by atomic mass is 16.4. The Bertz CT molecular complexity index is 378. The molecule has 1 aromatic rings. The van der Waals surface area contributed by atoms with Crippen LogP contribution >= 0.6 is 0 Å². The summed E-state index contributed by atoms with van der Waals surface area (Å²) in [4.78, 5) is 27.2. The number of rotatable bonds is 5. The molecule has 8 nitrogen and oxygen atoms in total. The molecule has 8 heteroatoms. The molecular weight excluding hydrogens is 226 g/mol. The third kappa shape index (κ3) is 4.09. The summed E-state index contributed by atoms with van der Waals surface area (Å²) in [5, 5.41) is 17.5. The standard InChI is InChI=1S/C9H15N5O3/c1-6(8-10-5-11-13-8)12-9(17)14(2)4-3-7(15)16/h5-6H,3-4H2,1-2H3,(H,12,17)(H,15,16)(H,10,11,13). The quantitative estimate of drug-likeness (QED) is 0.671. The summed E-state index contributed by atoms with van der Waals surface area (Å²) in [7, 11) is 1.53. The van der Waals surface area contributed by atoms with Crippen molar-refractivity contribution in [3.63, 3.8) is 0 Å². The topological polar surface area (TPSA) is 111 Å². The molecule has 0 aliphatic heterocycles. The van der Waals surface area contributed by atoms with Gasteiger partial charge in [0.1, 0.15) is 12.2 Å². The molecule has 0 aliphatic carbocycles. The fraction of sp³-hybridized carbons (Fsp3) is 0.556. The minimum absolute atomic E-state index is 0.0827. The minimum Gasteiger partial charge on any atom is -0.481 e. The molecule has 2 amide bonds. The molecule has 0 aliphatic rings. The number of amides is 2. The van der Waals surface area contributed by atoms with Crippen LogP contribution in [-0.4, -0.2) is 50.8 Å². The van der Waals surface area contributed by atoms with Gasteiger partial charge in [-0.1, -0.05) is 0 Å². The van der Waals surface area contributed by atoms with E-state index in [2.05, 4.69) is 20.5 Å². The van der Waals surface area contributed by atoms with Gasteiger partial charge in [0, 0.05) is 13.6 Å². The third-order valence-corrected chi connectivity index (χ3v) is 2.19. The van der Waals surface area contributed by atoms with E-state index < -0.39 is 5.97 Å². The molecule has 94 valence electrons. The highest BCUT2D eigenvalue weighted by molar-refractivity contribution is 5.75. The lowest BCUT2D eigenvalue weighted by atomic mass is 10.3. The molecule has 1 heterocycles. The van der Waals surface area contributed by atoms with Gasteiger partial charge in [-0.05, 0) is 6.92 Å². The van der Waals surface area contributed by atoms with Crippen LogP contribution in [0.15, 0.2) is 6.33 Å². The van der Waals surface area contributed by atoms with Crippen molar-refractivity contribution >= 4 is 12.0 Å². The van der Waals surface area contributed by atoms with E-state index in [1.165, 1.54) is 18.3 Å². The Hall–Kier alpha value is -2.12. The maximum Gasteiger partial charge on any atom is 0.317 e. The highest BCUT2D eigenvalue weighted by Gasteiger charge is 2.15. The first kappa shape index (κ1) is 12.9. The second kappa shape index (κ2) is 5.83. The van der Waals surface area contributed by atoms with Gasteiger partial charge in [-0.3, -0.25) is 9.89 Å². The zero-order valence-electron chi connectivity index (χ0n) is 9.67. The van der Waals surface area contributed by atoms with Crippen LogP contribution in [0.4, 0.5) is 4.79 Å². The number of hydrogen-bond donors (Lipinski definition) is 3. The lowest BCUT2D eigenvalue weighted by Crippen LogP contribution is -2.39. The fourth-order valence-electron chi connectivity index (χ4n) is 1.15. The maximum atomic E-state index is 11.6. The number of aliphatic carboxylic acids is 1. The molecule has 1 atom stereocenters. The Labute approximate surface area is 98.0 Å². The number of carboxylic acids is 1. The molecule has 0 fully saturated rings. The van der Waals surface area contributed by atoms with Gasteiger partial charge in [0.15, 0.2) is 0 Å². The van der Waals surface area contributed by atoms with Crippen LogP contribution in [-0.2, 0) is 4.79 Å². The van der Waals surface area contributed by atoms with Gasteiger partial charge in [0.2, 0.25) is 0 Å². The fourth-order valence-corrected chi connectivity index (χ4v) is 1.15. The maximum absolute atomic E-state index is 11.6. The second-order valence-electron chi connectivity index (χ2n) is 3.61. The smallest absolute Gasteiger partial charge is 0.317 e. The number of carbonyl (C=O) groups is 2. The third-order valence-electron chi connectivity index (χ3n) is 2.19. The first-order chi connectivity index (χ1) is 8.00. The van der Waals surface area contributed by atoms with Crippen LogP contribution < -0.4 is 5.32 Å². The normalized spacial score (nSPS) is 11.9. The van der Waals surface area contributed by atoms with Crippen LogP contribution in [0.25, 0.3) is 0 Å². The predicted octanol–water partition coefficient (Wildman–Crippen LogP) is -0.0182. The zero-order valence-corrected chi connectivity index (χ0v) is 9.67. The monoisotopic (exact) mass is 241 g/mol. The number of aromatic amines is 1. The van der Waals surface area contributed by atoms with Crippen molar-refractivity contribution in [1.29, 1.82) is 0 Å². The molecule has 0 aromatic carbocycles. The van der Waals surface area contributed by atoms with Gasteiger partial charge < -0.3 is 15.3 Å². The summed E-state index contributed by atoms with van der Waals surface area (Å²) in [5.41, 5.74) is 0. The minimum atomic E-state index is -0.937. The van der Waals surface area contributed by atoms with Crippen molar-refractivity contribution in [2.24, 2.45) is 0 Å². The van der Waals surface area contributed by atoms with Crippen LogP contribution in [0.3, 0.4) is 0 Å². The van der Waals surface area contributed by atoms with Gasteiger partial charge in [0.25, 0.3) is 0 Å². The van der Waals surface area contributed by atoms with Crippen molar-refractivity contribution in [3.8, 4) is 0 Å². The van der Waals surface area contributed by atoms with E-state index in [1.54, 1.807) is 6.92 Å². The van der Waals surface area contributed by atoms with Gasteiger partial charge in [-0.25, -0.2) is 9.78 Å². The molecule has 0 saturated carbocycles. The van der Waals surface area contributed by atoms with Gasteiger partial charge in [-0.15, -0.1) is 0 Å². The first-order valence-electron chi connectivity index (χ1n) is 5.09. The van der Waals surface area contributed by atoms with Crippen molar-refractivity contribution in [2.75, 3.05) is 13.6 Å². The molecule has 0 spiro atoms. The van der Waals surface area contributed by atoms with Crippen LogP contribution in [0.1, 0.15) is 25.2 Å². The first-order valence-corrected chi connectivity index (χ1v) is 5.09. The van der Waals surface area contributed by atoms with E-state index in [-0.39, 0.29) is 25.0 Å². The van der Waals surface area contributed by atoms with Crippen molar-refractivity contribution < 1.29 is 14.7 Å². The Balaban J connectivity index is 2.40. The number of nitrogens with zero attached hydrogens (tertiary/aromatic N) is 3.